The number of nitrogens with zero attached hydrogens (tertiary/aromatic N) is 5. The maximum atomic E-state index is 13.6. The third-order valence-electron chi connectivity index (χ3n) is 6.64. The standard InChI is InChI=1S/C20H22F6N6O4/c1-18(2-4-32(17(34)35)8-11(18)14(19(21,22)23)20(24,25)26)29-15(33)12-9-30-5-6-31(10-13(30)28-12)16-27-3-7-36-16/h3,7,9,11,14H,2,4-6,8,10H2,1H3,(H,29,33)(H,34,35). The van der Waals surface area contributed by atoms with Gasteiger partial charge in [0.2, 0.25) is 0 Å². The second-order valence-corrected chi connectivity index (χ2v) is 8.99. The van der Waals surface area contributed by atoms with E-state index in [2.05, 4.69) is 15.3 Å². The van der Waals surface area contributed by atoms with E-state index in [1.54, 1.807) is 9.47 Å². The van der Waals surface area contributed by atoms with Crippen molar-refractivity contribution in [3.8, 4) is 0 Å². The lowest BCUT2D eigenvalue weighted by atomic mass is 9.71. The number of anilines is 1. The average molecular weight is 524 g/mol. The van der Waals surface area contributed by atoms with Crippen LogP contribution >= 0.6 is 0 Å². The van der Waals surface area contributed by atoms with E-state index in [4.69, 9.17) is 4.42 Å². The fraction of sp³-hybridized carbons (Fsp3) is 0.600. The summed E-state index contributed by atoms with van der Waals surface area (Å²) in [4.78, 5) is 34.8. The Hall–Kier alpha value is -3.46. The van der Waals surface area contributed by atoms with Crippen LogP contribution in [0.25, 0.3) is 0 Å². The second kappa shape index (κ2) is 8.89. The molecule has 0 radical (unpaired) electrons. The SMILES string of the molecule is CC1(NC(=O)c2cn3c(n2)CN(c2ncco2)CC3)CCN(C(=O)O)CC1C(C(F)(F)F)C(F)(F)F. The van der Waals surface area contributed by atoms with Gasteiger partial charge in [0.15, 0.2) is 5.92 Å². The van der Waals surface area contributed by atoms with E-state index in [1.165, 1.54) is 18.7 Å². The number of carbonyl (C=O) groups excluding carboxylic acids is 1. The van der Waals surface area contributed by atoms with Crippen LogP contribution in [0.1, 0.15) is 29.7 Å². The number of fused-ring (bicyclic) bond motifs is 1. The van der Waals surface area contributed by atoms with Gasteiger partial charge >= 0.3 is 18.4 Å². The topological polar surface area (TPSA) is 117 Å². The number of carboxylic acid groups (broad SMARTS) is 1. The van der Waals surface area contributed by atoms with Crippen molar-refractivity contribution in [1.29, 1.82) is 0 Å². The molecular weight excluding hydrogens is 502 g/mol. The van der Waals surface area contributed by atoms with E-state index in [0.29, 0.717) is 29.8 Å². The number of rotatable bonds is 4. The van der Waals surface area contributed by atoms with Crippen LogP contribution in [-0.4, -0.2) is 74.1 Å². The van der Waals surface area contributed by atoms with Crippen molar-refractivity contribution in [2.24, 2.45) is 11.8 Å². The molecule has 36 heavy (non-hydrogen) atoms. The van der Waals surface area contributed by atoms with Crippen molar-refractivity contribution in [3.05, 3.63) is 30.2 Å². The van der Waals surface area contributed by atoms with Gasteiger partial charge < -0.3 is 29.2 Å². The Morgan fingerprint density at radius 3 is 2.47 bits per heavy atom. The normalized spacial score (nSPS) is 23.1. The number of hydrogen-bond acceptors (Lipinski definition) is 6. The summed E-state index contributed by atoms with van der Waals surface area (Å²) in [5.41, 5.74) is -2.21. The van der Waals surface area contributed by atoms with Crippen LogP contribution in [0.2, 0.25) is 0 Å². The molecule has 1 fully saturated rings. The quantitative estimate of drug-likeness (QED) is 0.591. The van der Waals surface area contributed by atoms with Crippen molar-refractivity contribution in [1.82, 2.24) is 24.8 Å². The van der Waals surface area contributed by atoms with Crippen molar-refractivity contribution in [3.63, 3.8) is 0 Å². The molecule has 2 N–H and O–H groups in total. The Morgan fingerprint density at radius 1 is 1.19 bits per heavy atom. The molecule has 0 aliphatic carbocycles. The summed E-state index contributed by atoms with van der Waals surface area (Å²) in [7, 11) is 0. The molecule has 2 aliphatic heterocycles. The van der Waals surface area contributed by atoms with Gasteiger partial charge in [0, 0.05) is 43.8 Å². The van der Waals surface area contributed by atoms with E-state index >= 15 is 0 Å². The first kappa shape index (κ1) is 25.6. The van der Waals surface area contributed by atoms with Gasteiger partial charge in [-0.25, -0.2) is 14.8 Å². The molecule has 4 rings (SSSR count). The highest BCUT2D eigenvalue weighted by molar-refractivity contribution is 5.92. The first-order valence-electron chi connectivity index (χ1n) is 10.8. The maximum Gasteiger partial charge on any atom is 0.407 e. The summed E-state index contributed by atoms with van der Waals surface area (Å²) in [5.74, 6) is -6.69. The van der Waals surface area contributed by atoms with Gasteiger partial charge in [-0.1, -0.05) is 0 Å². The Morgan fingerprint density at radius 2 is 1.89 bits per heavy atom. The van der Waals surface area contributed by atoms with Gasteiger partial charge in [0.25, 0.3) is 11.9 Å². The molecule has 2 aliphatic rings. The smallest absolute Gasteiger partial charge is 0.407 e. The van der Waals surface area contributed by atoms with Crippen LogP contribution in [0.4, 0.5) is 37.2 Å². The molecule has 0 bridgehead atoms. The summed E-state index contributed by atoms with van der Waals surface area (Å²) in [6.45, 7) is 0.728. The van der Waals surface area contributed by atoms with Crippen LogP contribution in [0.3, 0.4) is 0 Å². The van der Waals surface area contributed by atoms with E-state index in [-0.39, 0.29) is 18.8 Å². The van der Waals surface area contributed by atoms with Gasteiger partial charge in [-0.3, -0.25) is 4.79 Å². The zero-order chi connectivity index (χ0) is 26.5. The molecule has 2 atom stereocenters. The number of oxazole rings is 1. The van der Waals surface area contributed by atoms with Crippen LogP contribution < -0.4 is 10.2 Å². The molecule has 2 amide bonds. The fourth-order valence-corrected chi connectivity index (χ4v) is 4.75. The van der Waals surface area contributed by atoms with Gasteiger partial charge in [-0.15, -0.1) is 0 Å². The molecule has 0 saturated carbocycles. The Bertz CT molecular complexity index is 1100. The van der Waals surface area contributed by atoms with Gasteiger partial charge in [0.1, 0.15) is 17.8 Å². The average Bonchev–Trinajstić information content (AvgIpc) is 3.42. The van der Waals surface area contributed by atoms with Gasteiger partial charge in [0.05, 0.1) is 12.7 Å². The highest BCUT2D eigenvalue weighted by Gasteiger charge is 2.65. The molecule has 2 aromatic rings. The van der Waals surface area contributed by atoms with Gasteiger partial charge in [-0.2, -0.15) is 26.3 Å². The highest BCUT2D eigenvalue weighted by atomic mass is 19.4. The summed E-state index contributed by atoms with van der Waals surface area (Å²) in [6.07, 6.45) is -9.32. The lowest BCUT2D eigenvalue weighted by molar-refractivity contribution is -0.307. The zero-order valence-electron chi connectivity index (χ0n) is 18.8. The number of likely N-dealkylation sites (tertiary alicyclic amines) is 1. The number of halogens is 6. The molecule has 0 aromatic carbocycles. The molecular formula is C20H22F6N6O4. The largest absolute Gasteiger partial charge is 0.465 e. The molecule has 16 heteroatoms. The van der Waals surface area contributed by atoms with Crippen molar-refractivity contribution in [2.75, 3.05) is 24.5 Å². The molecule has 0 spiro atoms. The molecule has 2 aromatic heterocycles. The molecule has 198 valence electrons. The lowest BCUT2D eigenvalue weighted by Gasteiger charge is -2.48. The minimum absolute atomic E-state index is 0.185. The predicted octanol–water partition coefficient (Wildman–Crippen LogP) is 3.12. The lowest BCUT2D eigenvalue weighted by Crippen LogP contribution is -2.65. The molecule has 4 heterocycles. The number of aromatic nitrogens is 3. The number of piperidine rings is 1. The van der Waals surface area contributed by atoms with Crippen LogP contribution in [0, 0.1) is 11.8 Å². The maximum absolute atomic E-state index is 13.6. The summed E-state index contributed by atoms with van der Waals surface area (Å²) >= 11 is 0. The monoisotopic (exact) mass is 524 g/mol. The minimum atomic E-state index is -5.72. The fourth-order valence-electron chi connectivity index (χ4n) is 4.75. The molecule has 10 nitrogen and oxygen atoms in total. The van der Waals surface area contributed by atoms with Crippen molar-refractivity contribution in [2.45, 2.75) is 44.3 Å². The van der Waals surface area contributed by atoms with Crippen LogP contribution in [0.15, 0.2) is 23.1 Å². The van der Waals surface area contributed by atoms with E-state index < -0.39 is 54.7 Å². The molecule has 1 saturated heterocycles. The highest BCUT2D eigenvalue weighted by Crippen LogP contribution is 2.49. The Balaban J connectivity index is 1.59. The Kier molecular flexibility index (Phi) is 6.33. The van der Waals surface area contributed by atoms with Gasteiger partial charge in [-0.05, 0) is 13.3 Å². The van der Waals surface area contributed by atoms with Crippen LogP contribution in [0.5, 0.6) is 0 Å². The second-order valence-electron chi connectivity index (χ2n) is 8.99. The third kappa shape index (κ3) is 4.93. The predicted molar refractivity (Wildman–Crippen MR) is 109 cm³/mol. The number of carbonyl (C=O) groups is 2. The number of imidazole rings is 1. The van der Waals surface area contributed by atoms with Crippen molar-refractivity contribution >= 4 is 18.0 Å². The first-order chi connectivity index (χ1) is 16.7. The Labute approximate surface area is 199 Å². The van der Waals surface area contributed by atoms with Crippen LogP contribution in [-0.2, 0) is 13.1 Å². The summed E-state index contributed by atoms with van der Waals surface area (Å²) < 4.78 is 88.5. The van der Waals surface area contributed by atoms with Crippen molar-refractivity contribution < 1.29 is 45.5 Å². The number of amides is 2. The number of alkyl halides is 6. The minimum Gasteiger partial charge on any atom is -0.465 e. The summed E-state index contributed by atoms with van der Waals surface area (Å²) in [5, 5.41) is 11.5. The first-order valence-corrected chi connectivity index (χ1v) is 10.8. The number of hydrogen-bond donors (Lipinski definition) is 2. The van der Waals surface area contributed by atoms with E-state index in [0.717, 1.165) is 6.92 Å². The number of nitrogens with one attached hydrogen (secondary N) is 1. The zero-order valence-corrected chi connectivity index (χ0v) is 18.8. The summed E-state index contributed by atoms with van der Waals surface area (Å²) in [6, 6.07) is 0.334. The third-order valence-corrected chi connectivity index (χ3v) is 6.64. The van der Waals surface area contributed by atoms with E-state index in [1.807, 2.05) is 0 Å². The molecule has 2 unspecified atom stereocenters. The van der Waals surface area contributed by atoms with E-state index in [9.17, 15) is 41.0 Å².